The lowest BCUT2D eigenvalue weighted by Crippen LogP contribution is -2.40. The van der Waals surface area contributed by atoms with Crippen molar-refractivity contribution < 1.29 is 19.1 Å². The Kier molecular flexibility index (Phi) is 4.37. The molecule has 0 saturated carbocycles. The van der Waals surface area contributed by atoms with Crippen molar-refractivity contribution in [3.8, 4) is 0 Å². The van der Waals surface area contributed by atoms with E-state index in [1.807, 2.05) is 12.1 Å². The first kappa shape index (κ1) is 15.6. The highest BCUT2D eigenvalue weighted by atomic mass is 16.4. The molecule has 2 aromatic rings. The number of nitrogens with zero attached hydrogens (tertiary/aromatic N) is 1. The van der Waals surface area contributed by atoms with Gasteiger partial charge in [-0.2, -0.15) is 0 Å². The largest absolute Gasteiger partial charge is 0.481 e. The summed E-state index contributed by atoms with van der Waals surface area (Å²) in [6.45, 7) is 3.14. The molecule has 5 heteroatoms. The Balaban J connectivity index is 1.70. The van der Waals surface area contributed by atoms with Crippen molar-refractivity contribution in [3.05, 3.63) is 35.6 Å². The summed E-state index contributed by atoms with van der Waals surface area (Å²) >= 11 is 0. The Morgan fingerprint density at radius 3 is 2.70 bits per heavy atom. The van der Waals surface area contributed by atoms with E-state index in [1.165, 1.54) is 5.56 Å². The van der Waals surface area contributed by atoms with Gasteiger partial charge in [-0.15, -0.1) is 0 Å². The number of hydrogen-bond donors (Lipinski definition) is 1. The molecule has 1 aromatic heterocycles. The molecule has 2 heterocycles. The van der Waals surface area contributed by atoms with Gasteiger partial charge in [0.1, 0.15) is 5.58 Å². The molecule has 1 aromatic carbocycles. The molecular weight excluding hydrogens is 294 g/mol. The zero-order valence-electron chi connectivity index (χ0n) is 13.2. The average molecular weight is 315 g/mol. The molecule has 0 atom stereocenters. The number of carbonyl (C=O) groups excluding carboxylic acids is 1. The normalized spacial score (nSPS) is 16.0. The van der Waals surface area contributed by atoms with Crippen molar-refractivity contribution >= 4 is 22.8 Å². The fourth-order valence-electron chi connectivity index (χ4n) is 3.14. The van der Waals surface area contributed by atoms with E-state index in [4.69, 9.17) is 9.52 Å². The van der Waals surface area contributed by atoms with Crippen molar-refractivity contribution in [2.75, 3.05) is 13.1 Å². The van der Waals surface area contributed by atoms with Crippen LogP contribution < -0.4 is 0 Å². The van der Waals surface area contributed by atoms with Gasteiger partial charge in [-0.3, -0.25) is 9.59 Å². The molecule has 1 saturated heterocycles. The quantitative estimate of drug-likeness (QED) is 0.942. The fourth-order valence-corrected chi connectivity index (χ4v) is 3.14. The molecule has 3 rings (SSSR count). The van der Waals surface area contributed by atoms with E-state index in [1.54, 1.807) is 11.2 Å². The smallest absolute Gasteiger partial charge is 0.306 e. The molecule has 1 aliphatic rings. The van der Waals surface area contributed by atoms with Crippen LogP contribution in [0.2, 0.25) is 0 Å². The first-order valence-electron chi connectivity index (χ1n) is 8.08. The second-order valence-electron chi connectivity index (χ2n) is 6.12. The van der Waals surface area contributed by atoms with Crippen LogP contribution in [0.1, 0.15) is 30.9 Å². The molecule has 1 fully saturated rings. The number of aryl methyl sites for hydroxylation is 1. The lowest BCUT2D eigenvalue weighted by atomic mass is 9.96. The van der Waals surface area contributed by atoms with Crippen LogP contribution in [0.25, 0.3) is 11.0 Å². The highest BCUT2D eigenvalue weighted by Crippen LogP contribution is 2.25. The van der Waals surface area contributed by atoms with Gasteiger partial charge < -0.3 is 14.4 Å². The van der Waals surface area contributed by atoms with Crippen LogP contribution in [-0.4, -0.2) is 35.0 Å². The molecule has 5 nitrogen and oxygen atoms in total. The first-order chi connectivity index (χ1) is 11.1. The third kappa shape index (κ3) is 3.23. The van der Waals surface area contributed by atoms with Gasteiger partial charge >= 0.3 is 5.97 Å². The lowest BCUT2D eigenvalue weighted by Gasteiger charge is -2.30. The number of benzene rings is 1. The Morgan fingerprint density at radius 2 is 2.04 bits per heavy atom. The summed E-state index contributed by atoms with van der Waals surface area (Å²) in [5.74, 6) is -1.04. The summed E-state index contributed by atoms with van der Waals surface area (Å²) in [4.78, 5) is 25.2. The Morgan fingerprint density at radius 1 is 1.30 bits per heavy atom. The number of furan rings is 1. The van der Waals surface area contributed by atoms with Crippen LogP contribution in [0.3, 0.4) is 0 Å². The lowest BCUT2D eigenvalue weighted by molar-refractivity contribution is -0.145. The number of carbonyl (C=O) groups is 2. The topological polar surface area (TPSA) is 70.8 Å². The monoisotopic (exact) mass is 315 g/mol. The molecule has 122 valence electrons. The average Bonchev–Trinajstić information content (AvgIpc) is 2.97. The predicted octanol–water partition coefficient (Wildman–Crippen LogP) is 2.86. The Bertz CT molecular complexity index is 726. The van der Waals surface area contributed by atoms with Gasteiger partial charge in [-0.05, 0) is 37.0 Å². The zero-order valence-corrected chi connectivity index (χ0v) is 13.2. The van der Waals surface area contributed by atoms with E-state index in [-0.39, 0.29) is 11.8 Å². The van der Waals surface area contributed by atoms with Crippen LogP contribution in [0.5, 0.6) is 0 Å². The minimum absolute atomic E-state index is 0.0402. The van der Waals surface area contributed by atoms with Gasteiger partial charge in [0.05, 0.1) is 18.6 Å². The summed E-state index contributed by atoms with van der Waals surface area (Å²) in [6, 6.07) is 6.06. The van der Waals surface area contributed by atoms with E-state index >= 15 is 0 Å². The first-order valence-corrected chi connectivity index (χ1v) is 8.08. The molecule has 0 bridgehead atoms. The molecular formula is C18H21NO4. The van der Waals surface area contributed by atoms with Crippen LogP contribution >= 0.6 is 0 Å². The molecule has 1 N–H and O–H groups in total. The number of carboxylic acid groups (broad SMARTS) is 1. The number of carboxylic acids is 1. The molecule has 1 aliphatic heterocycles. The van der Waals surface area contributed by atoms with Gasteiger partial charge in [0.15, 0.2) is 0 Å². The molecule has 0 radical (unpaired) electrons. The van der Waals surface area contributed by atoms with Crippen molar-refractivity contribution in [1.29, 1.82) is 0 Å². The summed E-state index contributed by atoms with van der Waals surface area (Å²) in [5, 5.41) is 10.0. The third-order valence-electron chi connectivity index (χ3n) is 4.66. The van der Waals surface area contributed by atoms with E-state index in [9.17, 15) is 9.59 Å². The maximum absolute atomic E-state index is 12.5. The van der Waals surface area contributed by atoms with Crippen LogP contribution in [0.15, 0.2) is 28.9 Å². The summed E-state index contributed by atoms with van der Waals surface area (Å²) in [7, 11) is 0. The van der Waals surface area contributed by atoms with Crippen molar-refractivity contribution in [3.63, 3.8) is 0 Å². The summed E-state index contributed by atoms with van der Waals surface area (Å²) < 4.78 is 5.54. The molecule has 0 unspecified atom stereocenters. The molecule has 23 heavy (non-hydrogen) atoms. The minimum Gasteiger partial charge on any atom is -0.481 e. The maximum atomic E-state index is 12.5. The van der Waals surface area contributed by atoms with E-state index < -0.39 is 5.97 Å². The van der Waals surface area contributed by atoms with Gasteiger partial charge in [0.2, 0.25) is 5.91 Å². The second-order valence-corrected chi connectivity index (χ2v) is 6.12. The Labute approximate surface area is 134 Å². The fraction of sp³-hybridized carbons (Fsp3) is 0.444. The van der Waals surface area contributed by atoms with E-state index in [2.05, 4.69) is 13.0 Å². The van der Waals surface area contributed by atoms with Crippen molar-refractivity contribution in [2.24, 2.45) is 5.92 Å². The highest BCUT2D eigenvalue weighted by molar-refractivity contribution is 5.88. The van der Waals surface area contributed by atoms with E-state index in [0.717, 1.165) is 23.0 Å². The number of piperidine rings is 1. The minimum atomic E-state index is -0.759. The Hall–Kier alpha value is -2.30. The number of amides is 1. The van der Waals surface area contributed by atoms with Gasteiger partial charge in [0.25, 0.3) is 0 Å². The zero-order chi connectivity index (χ0) is 16.4. The van der Waals surface area contributed by atoms with Gasteiger partial charge in [-0.1, -0.05) is 13.0 Å². The molecule has 1 amide bonds. The van der Waals surface area contributed by atoms with Gasteiger partial charge in [0, 0.05) is 24.0 Å². The second kappa shape index (κ2) is 6.44. The van der Waals surface area contributed by atoms with Crippen molar-refractivity contribution in [1.82, 2.24) is 4.90 Å². The standard InChI is InChI=1S/C18H21NO4/c1-2-12-3-4-16-15(9-12)14(11-23-16)10-17(20)19-7-5-13(6-8-19)18(21)22/h3-4,9,11,13H,2,5-8,10H2,1H3,(H,21,22). The predicted molar refractivity (Wildman–Crippen MR) is 86.2 cm³/mol. The molecule has 0 aliphatic carbocycles. The number of likely N-dealkylation sites (tertiary alicyclic amines) is 1. The van der Waals surface area contributed by atoms with E-state index in [0.29, 0.717) is 32.4 Å². The number of fused-ring (bicyclic) bond motifs is 1. The highest BCUT2D eigenvalue weighted by Gasteiger charge is 2.27. The third-order valence-corrected chi connectivity index (χ3v) is 4.66. The van der Waals surface area contributed by atoms with Crippen LogP contribution in [0.4, 0.5) is 0 Å². The van der Waals surface area contributed by atoms with Crippen LogP contribution in [-0.2, 0) is 22.4 Å². The summed E-state index contributed by atoms with van der Waals surface area (Å²) in [5.41, 5.74) is 2.92. The van der Waals surface area contributed by atoms with Crippen molar-refractivity contribution in [2.45, 2.75) is 32.6 Å². The van der Waals surface area contributed by atoms with Gasteiger partial charge in [-0.25, -0.2) is 0 Å². The molecule has 0 spiro atoms. The van der Waals surface area contributed by atoms with Crippen LogP contribution in [0, 0.1) is 5.92 Å². The number of aliphatic carboxylic acids is 1. The summed E-state index contributed by atoms with van der Waals surface area (Å²) in [6.07, 6.45) is 3.97. The SMILES string of the molecule is CCc1ccc2occ(CC(=O)N3CCC(C(=O)O)CC3)c2c1. The maximum Gasteiger partial charge on any atom is 0.306 e. The number of rotatable bonds is 4. The number of hydrogen-bond acceptors (Lipinski definition) is 3.